The van der Waals surface area contributed by atoms with Crippen LogP contribution in [0.5, 0.6) is 0 Å². The van der Waals surface area contributed by atoms with Crippen LogP contribution in [-0.2, 0) is 11.2 Å². The van der Waals surface area contributed by atoms with E-state index in [0.29, 0.717) is 12.2 Å². The molecular weight excluding hydrogens is 128 g/mol. The fourth-order valence-corrected chi connectivity index (χ4v) is 0.718. The van der Waals surface area contributed by atoms with E-state index in [2.05, 4.69) is 4.98 Å². The van der Waals surface area contributed by atoms with Crippen molar-refractivity contribution in [2.24, 2.45) is 0 Å². The zero-order valence-electron chi connectivity index (χ0n) is 5.45. The maximum absolute atomic E-state index is 10.0. The van der Waals surface area contributed by atoms with Crippen LogP contribution in [-0.4, -0.2) is 11.3 Å². The summed E-state index contributed by atoms with van der Waals surface area (Å²) in [5.74, 6) is 0.458. The van der Waals surface area contributed by atoms with E-state index in [9.17, 15) is 4.79 Å². The summed E-state index contributed by atoms with van der Waals surface area (Å²) in [5.41, 5.74) is 6.27. The maximum atomic E-state index is 10.0. The number of aldehydes is 1. The average molecular weight is 136 g/mol. The third-order valence-corrected chi connectivity index (χ3v) is 1.16. The Hall–Kier alpha value is -1.38. The highest BCUT2D eigenvalue weighted by atomic mass is 16.1. The summed E-state index contributed by atoms with van der Waals surface area (Å²) in [6.07, 6.45) is 2.84. The van der Waals surface area contributed by atoms with Crippen molar-refractivity contribution in [3.05, 3.63) is 23.9 Å². The first-order valence-electron chi connectivity index (χ1n) is 2.97. The van der Waals surface area contributed by atoms with Crippen LogP contribution in [0.3, 0.4) is 0 Å². The molecule has 10 heavy (non-hydrogen) atoms. The lowest BCUT2D eigenvalue weighted by molar-refractivity contribution is -0.107. The Bertz CT molecular complexity index is 235. The number of hydrogen-bond donors (Lipinski definition) is 1. The molecule has 1 rings (SSSR count). The van der Waals surface area contributed by atoms with Gasteiger partial charge in [0.15, 0.2) is 0 Å². The average Bonchev–Trinajstić information content (AvgIpc) is 1.88. The molecule has 0 saturated heterocycles. The van der Waals surface area contributed by atoms with Gasteiger partial charge in [-0.15, -0.1) is 0 Å². The molecule has 0 atom stereocenters. The molecule has 0 spiro atoms. The predicted molar refractivity (Wildman–Crippen MR) is 38.4 cm³/mol. The van der Waals surface area contributed by atoms with Gasteiger partial charge in [0.05, 0.1) is 0 Å². The van der Waals surface area contributed by atoms with Crippen molar-refractivity contribution >= 4 is 12.1 Å². The summed E-state index contributed by atoms with van der Waals surface area (Å²) in [7, 11) is 0. The van der Waals surface area contributed by atoms with Crippen molar-refractivity contribution in [3.8, 4) is 0 Å². The van der Waals surface area contributed by atoms with Crippen molar-refractivity contribution in [2.75, 3.05) is 5.73 Å². The number of carbonyl (C=O) groups is 1. The highest BCUT2D eigenvalue weighted by Gasteiger charge is 1.90. The first kappa shape index (κ1) is 6.74. The molecule has 0 radical (unpaired) electrons. The summed E-state index contributed by atoms with van der Waals surface area (Å²) >= 11 is 0. The first-order chi connectivity index (χ1) is 4.83. The SMILES string of the molecule is Nc1cc(CC=O)ccn1. The highest BCUT2D eigenvalue weighted by Crippen LogP contribution is 2.01. The molecular formula is C7H8N2O. The molecule has 3 heteroatoms. The Morgan fingerprint density at radius 3 is 3.10 bits per heavy atom. The number of nitrogen functional groups attached to an aromatic ring is 1. The van der Waals surface area contributed by atoms with Crippen LogP contribution < -0.4 is 5.73 Å². The molecule has 52 valence electrons. The van der Waals surface area contributed by atoms with Gasteiger partial charge in [0.25, 0.3) is 0 Å². The third kappa shape index (κ3) is 1.55. The first-order valence-corrected chi connectivity index (χ1v) is 2.97. The largest absolute Gasteiger partial charge is 0.384 e. The number of hydrogen-bond acceptors (Lipinski definition) is 3. The Balaban J connectivity index is 2.84. The number of nitrogens with two attached hydrogens (primary N) is 1. The zero-order chi connectivity index (χ0) is 7.40. The maximum Gasteiger partial charge on any atom is 0.124 e. The Labute approximate surface area is 58.9 Å². The molecule has 1 aromatic heterocycles. The topological polar surface area (TPSA) is 56.0 Å². The van der Waals surface area contributed by atoms with Gasteiger partial charge >= 0.3 is 0 Å². The minimum absolute atomic E-state index is 0.409. The molecule has 2 N–H and O–H groups in total. The zero-order valence-corrected chi connectivity index (χ0v) is 5.45. The van der Waals surface area contributed by atoms with Crippen LogP contribution in [0.15, 0.2) is 18.3 Å². The van der Waals surface area contributed by atoms with Crippen molar-refractivity contribution < 1.29 is 4.79 Å². The second-order valence-electron chi connectivity index (χ2n) is 1.96. The summed E-state index contributed by atoms with van der Waals surface area (Å²) in [6, 6.07) is 3.46. The fourth-order valence-electron chi connectivity index (χ4n) is 0.718. The van der Waals surface area contributed by atoms with Gasteiger partial charge in [0.2, 0.25) is 0 Å². The van der Waals surface area contributed by atoms with E-state index in [1.54, 1.807) is 18.3 Å². The summed E-state index contributed by atoms with van der Waals surface area (Å²) in [5, 5.41) is 0. The van der Waals surface area contributed by atoms with Crippen LogP contribution in [0.1, 0.15) is 5.56 Å². The Morgan fingerprint density at radius 2 is 2.50 bits per heavy atom. The lowest BCUT2D eigenvalue weighted by Crippen LogP contribution is -1.92. The van der Waals surface area contributed by atoms with E-state index in [1.807, 2.05) is 0 Å². The van der Waals surface area contributed by atoms with Crippen LogP contribution in [0.2, 0.25) is 0 Å². The van der Waals surface area contributed by atoms with Crippen molar-refractivity contribution in [1.29, 1.82) is 0 Å². The van der Waals surface area contributed by atoms with E-state index in [1.165, 1.54) is 0 Å². The predicted octanol–water partition coefficient (Wildman–Crippen LogP) is 0.405. The molecule has 0 aliphatic carbocycles. The second-order valence-corrected chi connectivity index (χ2v) is 1.96. The van der Waals surface area contributed by atoms with Crippen molar-refractivity contribution in [3.63, 3.8) is 0 Å². The van der Waals surface area contributed by atoms with Crippen LogP contribution in [0, 0.1) is 0 Å². The van der Waals surface area contributed by atoms with E-state index < -0.39 is 0 Å². The van der Waals surface area contributed by atoms with Gasteiger partial charge in [0.1, 0.15) is 12.1 Å². The molecule has 0 aromatic carbocycles. The quantitative estimate of drug-likeness (QED) is 0.599. The number of pyridine rings is 1. The third-order valence-electron chi connectivity index (χ3n) is 1.16. The minimum Gasteiger partial charge on any atom is -0.384 e. The van der Waals surface area contributed by atoms with Gasteiger partial charge in [-0.1, -0.05) is 0 Å². The number of carbonyl (C=O) groups excluding carboxylic acids is 1. The molecule has 0 aliphatic heterocycles. The van der Waals surface area contributed by atoms with Crippen LogP contribution >= 0.6 is 0 Å². The smallest absolute Gasteiger partial charge is 0.124 e. The highest BCUT2D eigenvalue weighted by molar-refractivity contribution is 5.55. The monoisotopic (exact) mass is 136 g/mol. The number of anilines is 1. The number of nitrogens with zero attached hydrogens (tertiary/aromatic N) is 1. The molecule has 0 bridgehead atoms. The molecule has 0 unspecified atom stereocenters. The van der Waals surface area contributed by atoms with Crippen molar-refractivity contribution in [2.45, 2.75) is 6.42 Å². The molecule has 0 aliphatic rings. The fraction of sp³-hybridized carbons (Fsp3) is 0.143. The summed E-state index contributed by atoms with van der Waals surface area (Å²) in [6.45, 7) is 0. The normalized spacial score (nSPS) is 9.20. The molecule has 0 fully saturated rings. The van der Waals surface area contributed by atoms with E-state index in [-0.39, 0.29) is 0 Å². The van der Waals surface area contributed by atoms with E-state index >= 15 is 0 Å². The van der Waals surface area contributed by atoms with Gasteiger partial charge in [-0.25, -0.2) is 4.98 Å². The Morgan fingerprint density at radius 1 is 1.70 bits per heavy atom. The van der Waals surface area contributed by atoms with Gasteiger partial charge in [0, 0.05) is 12.6 Å². The number of aromatic nitrogens is 1. The standard InChI is InChI=1S/C7H8N2O/c8-7-5-6(2-4-10)1-3-9-7/h1,3-5H,2H2,(H2,8,9). The molecule has 1 aromatic rings. The van der Waals surface area contributed by atoms with E-state index in [0.717, 1.165) is 11.8 Å². The van der Waals surface area contributed by atoms with Gasteiger partial charge < -0.3 is 10.5 Å². The minimum atomic E-state index is 0.409. The van der Waals surface area contributed by atoms with Crippen LogP contribution in [0.25, 0.3) is 0 Å². The second kappa shape index (κ2) is 2.96. The van der Waals surface area contributed by atoms with Gasteiger partial charge in [-0.3, -0.25) is 0 Å². The van der Waals surface area contributed by atoms with E-state index in [4.69, 9.17) is 5.73 Å². The van der Waals surface area contributed by atoms with Gasteiger partial charge in [-0.05, 0) is 17.7 Å². The lowest BCUT2D eigenvalue weighted by atomic mass is 10.2. The van der Waals surface area contributed by atoms with Crippen molar-refractivity contribution in [1.82, 2.24) is 4.98 Å². The molecule has 3 nitrogen and oxygen atoms in total. The number of rotatable bonds is 2. The molecule has 1 heterocycles. The van der Waals surface area contributed by atoms with Crippen LogP contribution in [0.4, 0.5) is 5.82 Å². The lowest BCUT2D eigenvalue weighted by Gasteiger charge is -1.94. The Kier molecular flexibility index (Phi) is 1.99. The molecule has 0 amide bonds. The summed E-state index contributed by atoms with van der Waals surface area (Å²) < 4.78 is 0. The summed E-state index contributed by atoms with van der Waals surface area (Å²) in [4.78, 5) is 13.8. The molecule has 0 saturated carbocycles. The van der Waals surface area contributed by atoms with Gasteiger partial charge in [-0.2, -0.15) is 0 Å².